The predicted molar refractivity (Wildman–Crippen MR) is 108 cm³/mol. The van der Waals surface area contributed by atoms with Gasteiger partial charge in [0.25, 0.3) is 0 Å². The Balaban J connectivity index is 1.50. The summed E-state index contributed by atoms with van der Waals surface area (Å²) in [4.78, 5) is 13.4. The van der Waals surface area contributed by atoms with Gasteiger partial charge in [0.05, 0.1) is 16.4 Å². The van der Waals surface area contributed by atoms with Gasteiger partial charge in [-0.1, -0.05) is 30.9 Å². The zero-order valence-electron chi connectivity index (χ0n) is 15.6. The number of hydrogen-bond acceptors (Lipinski definition) is 5. The summed E-state index contributed by atoms with van der Waals surface area (Å²) in [7, 11) is 0. The monoisotopic (exact) mass is 383 g/mol. The highest BCUT2D eigenvalue weighted by Gasteiger charge is 2.50. The number of anilines is 1. The highest BCUT2D eigenvalue weighted by atomic mass is 35.5. The maximum Gasteiger partial charge on any atom is 0.133 e. The van der Waals surface area contributed by atoms with E-state index in [0.29, 0.717) is 6.04 Å². The molecule has 1 spiro atoms. The summed E-state index contributed by atoms with van der Waals surface area (Å²) in [6.07, 6.45) is 21.5. The average Bonchev–Trinajstić information content (AvgIpc) is 3.31. The number of nitrogens with zero attached hydrogens (tertiary/aromatic N) is 4. The van der Waals surface area contributed by atoms with Gasteiger partial charge in [0, 0.05) is 24.6 Å². The molecule has 2 aliphatic heterocycles. The van der Waals surface area contributed by atoms with Crippen LogP contribution in [0.4, 0.5) is 5.82 Å². The van der Waals surface area contributed by atoms with Crippen molar-refractivity contribution in [3.8, 4) is 0 Å². The third kappa shape index (κ3) is 2.92. The van der Waals surface area contributed by atoms with Crippen molar-refractivity contribution < 1.29 is 0 Å². The Hall–Kier alpha value is -2.01. The Bertz CT molecular complexity index is 788. The number of fused-ring (bicyclic) bond motifs is 2. The highest BCUT2D eigenvalue weighted by molar-refractivity contribution is 6.32. The lowest BCUT2D eigenvalue weighted by Gasteiger charge is -2.50. The molecule has 4 aliphatic rings. The van der Waals surface area contributed by atoms with Crippen molar-refractivity contribution in [2.75, 3.05) is 5.32 Å². The Morgan fingerprint density at radius 2 is 1.89 bits per heavy atom. The Kier molecular flexibility index (Phi) is 4.35. The van der Waals surface area contributed by atoms with Crippen molar-refractivity contribution in [3.63, 3.8) is 0 Å². The first-order valence-corrected chi connectivity index (χ1v) is 10.6. The summed E-state index contributed by atoms with van der Waals surface area (Å²) in [5, 5.41) is 4.20. The van der Waals surface area contributed by atoms with Crippen LogP contribution in [0.15, 0.2) is 53.5 Å². The van der Waals surface area contributed by atoms with E-state index in [1.54, 1.807) is 12.5 Å². The molecular formula is C21H26ClN5. The van der Waals surface area contributed by atoms with E-state index in [1.807, 2.05) is 12.1 Å². The summed E-state index contributed by atoms with van der Waals surface area (Å²) in [6.45, 7) is 0. The van der Waals surface area contributed by atoms with E-state index in [9.17, 15) is 0 Å². The van der Waals surface area contributed by atoms with Gasteiger partial charge in [-0.15, -0.1) is 0 Å². The summed E-state index contributed by atoms with van der Waals surface area (Å²) in [5.74, 6) is 0.786. The summed E-state index contributed by atoms with van der Waals surface area (Å²) in [5.41, 5.74) is 2.18. The molecule has 0 unspecified atom stereocenters. The molecule has 0 saturated heterocycles. The van der Waals surface area contributed by atoms with Crippen molar-refractivity contribution >= 4 is 17.4 Å². The van der Waals surface area contributed by atoms with Crippen molar-refractivity contribution in [2.45, 2.75) is 69.5 Å². The van der Waals surface area contributed by atoms with E-state index >= 15 is 0 Å². The van der Waals surface area contributed by atoms with E-state index < -0.39 is 0 Å². The second kappa shape index (κ2) is 6.86. The Morgan fingerprint density at radius 1 is 1.07 bits per heavy atom. The van der Waals surface area contributed by atoms with Crippen LogP contribution < -0.4 is 5.32 Å². The van der Waals surface area contributed by atoms with Crippen LogP contribution in [0.2, 0.25) is 0 Å². The minimum absolute atomic E-state index is 0.0512. The fourth-order valence-corrected chi connectivity index (χ4v) is 5.50. The van der Waals surface area contributed by atoms with Gasteiger partial charge >= 0.3 is 0 Å². The van der Waals surface area contributed by atoms with E-state index in [2.05, 4.69) is 37.5 Å². The lowest BCUT2D eigenvalue weighted by Crippen LogP contribution is -2.56. The third-order valence-corrected chi connectivity index (χ3v) is 6.77. The quantitative estimate of drug-likeness (QED) is 0.801. The van der Waals surface area contributed by atoms with Crippen LogP contribution >= 0.6 is 11.6 Å². The molecule has 1 aromatic rings. The van der Waals surface area contributed by atoms with Crippen LogP contribution in [0.5, 0.6) is 0 Å². The maximum atomic E-state index is 6.76. The number of hydrogen-bond donors (Lipinski definition) is 1. The molecule has 27 heavy (non-hydrogen) atoms. The van der Waals surface area contributed by atoms with Crippen LogP contribution in [0.3, 0.4) is 0 Å². The number of rotatable bonds is 3. The molecule has 1 aromatic heterocycles. The SMILES string of the molecule is ClC1=CC(Nc2ccncn2)=CN2C1=CN(C1CCCC1)C21CCCCC1. The predicted octanol–water partition coefficient (Wildman–Crippen LogP) is 4.93. The summed E-state index contributed by atoms with van der Waals surface area (Å²) < 4.78 is 0. The van der Waals surface area contributed by atoms with Gasteiger partial charge < -0.3 is 15.1 Å². The van der Waals surface area contributed by atoms with Gasteiger partial charge in [0.2, 0.25) is 0 Å². The topological polar surface area (TPSA) is 44.3 Å². The molecule has 5 rings (SSSR count). The first-order valence-electron chi connectivity index (χ1n) is 10.2. The fourth-order valence-electron chi connectivity index (χ4n) is 5.24. The second-order valence-corrected chi connectivity index (χ2v) is 8.48. The summed E-state index contributed by atoms with van der Waals surface area (Å²) >= 11 is 6.76. The molecule has 0 atom stereocenters. The van der Waals surface area contributed by atoms with Crippen LogP contribution in [0, 0.1) is 0 Å². The van der Waals surface area contributed by atoms with Gasteiger partial charge in [-0.3, -0.25) is 0 Å². The Labute approximate surface area is 165 Å². The van der Waals surface area contributed by atoms with Gasteiger partial charge in [-0.2, -0.15) is 0 Å². The number of allylic oxidation sites excluding steroid dienone is 2. The fraction of sp³-hybridized carbons (Fsp3) is 0.524. The third-order valence-electron chi connectivity index (χ3n) is 6.47. The minimum atomic E-state index is 0.0512. The first kappa shape index (κ1) is 17.1. The molecule has 2 aliphatic carbocycles. The molecule has 3 heterocycles. The normalized spacial score (nSPS) is 24.6. The van der Waals surface area contributed by atoms with E-state index in [1.165, 1.54) is 57.8 Å². The molecule has 2 fully saturated rings. The molecule has 1 N–H and O–H groups in total. The van der Waals surface area contributed by atoms with Crippen molar-refractivity contribution in [1.82, 2.24) is 19.8 Å². The van der Waals surface area contributed by atoms with Crippen LogP contribution in [-0.4, -0.2) is 31.5 Å². The zero-order chi connectivity index (χ0) is 18.3. The molecule has 0 bridgehead atoms. The molecular weight excluding hydrogens is 358 g/mol. The number of aromatic nitrogens is 2. The molecule has 0 amide bonds. The lowest BCUT2D eigenvalue weighted by molar-refractivity contribution is -0.00948. The van der Waals surface area contributed by atoms with Gasteiger partial charge in [-0.05, 0) is 50.7 Å². The second-order valence-electron chi connectivity index (χ2n) is 8.07. The zero-order valence-corrected chi connectivity index (χ0v) is 16.3. The van der Waals surface area contributed by atoms with Crippen LogP contribution in [0.1, 0.15) is 57.8 Å². The Morgan fingerprint density at radius 3 is 2.63 bits per heavy atom. The van der Waals surface area contributed by atoms with Crippen molar-refractivity contribution in [1.29, 1.82) is 0 Å². The maximum absolute atomic E-state index is 6.76. The van der Waals surface area contributed by atoms with Gasteiger partial charge in [0.15, 0.2) is 0 Å². The average molecular weight is 384 g/mol. The van der Waals surface area contributed by atoms with E-state index in [-0.39, 0.29) is 5.66 Å². The number of halogens is 1. The smallest absolute Gasteiger partial charge is 0.133 e. The molecule has 142 valence electrons. The number of nitrogens with one attached hydrogen (secondary N) is 1. The van der Waals surface area contributed by atoms with Gasteiger partial charge in [-0.25, -0.2) is 9.97 Å². The lowest BCUT2D eigenvalue weighted by atomic mass is 9.85. The van der Waals surface area contributed by atoms with Crippen LogP contribution in [0.25, 0.3) is 0 Å². The standard InChI is InChI=1S/C21H26ClN5/c22-18-12-16(25-20-8-11-23-15-24-20)13-27-19(18)14-26(17-6-2-3-7-17)21(27)9-4-1-5-10-21/h8,11-15,17H,1-7,9-10H2,(H,23,24,25). The first-order chi connectivity index (χ1) is 13.3. The van der Waals surface area contributed by atoms with Gasteiger partial charge in [0.1, 0.15) is 17.8 Å². The van der Waals surface area contributed by atoms with E-state index in [4.69, 9.17) is 11.6 Å². The minimum Gasteiger partial charge on any atom is -0.350 e. The molecule has 0 aromatic carbocycles. The van der Waals surface area contributed by atoms with E-state index in [0.717, 1.165) is 22.2 Å². The van der Waals surface area contributed by atoms with Crippen LogP contribution in [-0.2, 0) is 0 Å². The van der Waals surface area contributed by atoms with Crippen molar-refractivity contribution in [3.05, 3.63) is 53.5 Å². The van der Waals surface area contributed by atoms with Crippen molar-refractivity contribution in [2.24, 2.45) is 0 Å². The molecule has 0 radical (unpaired) electrons. The molecule has 5 nitrogen and oxygen atoms in total. The largest absolute Gasteiger partial charge is 0.350 e. The molecule has 2 saturated carbocycles. The summed E-state index contributed by atoms with van der Waals surface area (Å²) in [6, 6.07) is 2.52. The molecule has 6 heteroatoms. The highest BCUT2D eigenvalue weighted by Crippen LogP contribution is 2.50.